The van der Waals surface area contributed by atoms with Crippen molar-refractivity contribution in [1.82, 2.24) is 10.6 Å². The molecule has 0 saturated carbocycles. The number of ether oxygens (including phenoxy) is 2. The molecule has 2 aromatic rings. The molecule has 0 heterocycles. The van der Waals surface area contributed by atoms with Gasteiger partial charge in [0.05, 0.1) is 13.0 Å². The van der Waals surface area contributed by atoms with Crippen molar-refractivity contribution in [2.75, 3.05) is 19.7 Å². The smallest absolute Gasteiger partial charge is 0.434 e. The minimum atomic E-state index is -0.791. The summed E-state index contributed by atoms with van der Waals surface area (Å²) in [5, 5.41) is 5.51. The topological polar surface area (TPSA) is 93.7 Å². The number of hydrogen-bond donors (Lipinski definition) is 2. The minimum Gasteiger partial charge on any atom is -0.434 e. The second-order valence-electron chi connectivity index (χ2n) is 6.02. The lowest BCUT2D eigenvalue weighted by atomic mass is 10.1. The Morgan fingerprint density at radius 3 is 2.29 bits per heavy atom. The number of rotatable bonds is 8. The van der Waals surface area contributed by atoms with Crippen molar-refractivity contribution in [1.29, 1.82) is 0 Å². The van der Waals surface area contributed by atoms with E-state index >= 15 is 0 Å². The zero-order chi connectivity index (χ0) is 20.4. The molecule has 2 aromatic carbocycles. The molecule has 0 fully saturated rings. The Bertz CT molecular complexity index is 818. The van der Waals surface area contributed by atoms with E-state index in [4.69, 9.17) is 4.74 Å². The van der Waals surface area contributed by atoms with Crippen LogP contribution in [0.2, 0.25) is 0 Å². The average Bonchev–Trinajstić information content (AvgIpc) is 2.67. The highest BCUT2D eigenvalue weighted by molar-refractivity contribution is 5.94. The molecule has 148 valence electrons. The van der Waals surface area contributed by atoms with Gasteiger partial charge >= 0.3 is 6.16 Å². The molecule has 2 N–H and O–H groups in total. The fourth-order valence-corrected chi connectivity index (χ4v) is 2.44. The second kappa shape index (κ2) is 10.7. The van der Waals surface area contributed by atoms with Crippen molar-refractivity contribution in [3.63, 3.8) is 0 Å². The van der Waals surface area contributed by atoms with Crippen LogP contribution >= 0.6 is 0 Å². The summed E-state index contributed by atoms with van der Waals surface area (Å²) in [6, 6.07) is 13.8. The molecular weight excluding hydrogens is 360 g/mol. The number of carbonyl (C=O) groups excluding carboxylic acids is 3. The molecule has 28 heavy (non-hydrogen) atoms. The van der Waals surface area contributed by atoms with Crippen LogP contribution in [0.1, 0.15) is 28.4 Å². The first kappa shape index (κ1) is 21.0. The van der Waals surface area contributed by atoms with Crippen LogP contribution in [0.15, 0.2) is 48.5 Å². The van der Waals surface area contributed by atoms with Crippen molar-refractivity contribution in [2.45, 2.75) is 20.3 Å². The zero-order valence-corrected chi connectivity index (χ0v) is 16.0. The predicted molar refractivity (Wildman–Crippen MR) is 104 cm³/mol. The Labute approximate surface area is 164 Å². The van der Waals surface area contributed by atoms with Gasteiger partial charge < -0.3 is 20.1 Å². The first-order valence-electron chi connectivity index (χ1n) is 9.03. The fraction of sp³-hybridized carbons (Fsp3) is 0.286. The van der Waals surface area contributed by atoms with Crippen LogP contribution in [-0.2, 0) is 16.0 Å². The van der Waals surface area contributed by atoms with Gasteiger partial charge in [-0.05, 0) is 49.2 Å². The normalized spacial score (nSPS) is 10.1. The van der Waals surface area contributed by atoms with E-state index in [0.717, 1.165) is 11.1 Å². The lowest BCUT2D eigenvalue weighted by Gasteiger charge is -2.09. The van der Waals surface area contributed by atoms with Crippen LogP contribution in [-0.4, -0.2) is 37.7 Å². The Hall–Kier alpha value is -3.35. The molecule has 0 aliphatic rings. The summed E-state index contributed by atoms with van der Waals surface area (Å²) in [7, 11) is 0. The summed E-state index contributed by atoms with van der Waals surface area (Å²) in [4.78, 5) is 35.3. The van der Waals surface area contributed by atoms with Gasteiger partial charge in [-0.3, -0.25) is 9.59 Å². The fourth-order valence-electron chi connectivity index (χ4n) is 2.44. The van der Waals surface area contributed by atoms with Crippen LogP contribution in [0.5, 0.6) is 5.75 Å². The van der Waals surface area contributed by atoms with Crippen molar-refractivity contribution in [3.05, 3.63) is 65.2 Å². The molecule has 7 nitrogen and oxygen atoms in total. The highest BCUT2D eigenvalue weighted by Gasteiger charge is 2.09. The first-order chi connectivity index (χ1) is 13.5. The summed E-state index contributed by atoms with van der Waals surface area (Å²) in [6.07, 6.45) is -0.483. The maximum absolute atomic E-state index is 12.1. The molecule has 0 aliphatic carbocycles. The highest BCUT2D eigenvalue weighted by atomic mass is 16.7. The molecule has 0 aromatic heterocycles. The third-order valence-corrected chi connectivity index (χ3v) is 3.92. The van der Waals surface area contributed by atoms with E-state index < -0.39 is 6.16 Å². The predicted octanol–water partition coefficient (Wildman–Crippen LogP) is 2.62. The molecule has 0 aliphatic heterocycles. The van der Waals surface area contributed by atoms with E-state index in [2.05, 4.69) is 15.4 Å². The Morgan fingerprint density at radius 2 is 1.61 bits per heavy atom. The van der Waals surface area contributed by atoms with Gasteiger partial charge in [-0.25, -0.2) is 4.79 Å². The third-order valence-electron chi connectivity index (χ3n) is 3.92. The maximum atomic E-state index is 12.1. The van der Waals surface area contributed by atoms with Crippen LogP contribution in [0.25, 0.3) is 0 Å². The van der Waals surface area contributed by atoms with E-state index in [9.17, 15) is 14.4 Å². The number of amides is 2. The van der Waals surface area contributed by atoms with Crippen LogP contribution in [0.4, 0.5) is 4.79 Å². The Morgan fingerprint density at radius 1 is 0.929 bits per heavy atom. The van der Waals surface area contributed by atoms with E-state index in [0.29, 0.717) is 30.8 Å². The van der Waals surface area contributed by atoms with Crippen molar-refractivity contribution >= 4 is 18.0 Å². The lowest BCUT2D eigenvalue weighted by molar-refractivity contribution is -0.120. The molecule has 7 heteroatoms. The summed E-state index contributed by atoms with van der Waals surface area (Å²) in [5.41, 5.74) is 2.47. The van der Waals surface area contributed by atoms with Crippen molar-refractivity contribution in [2.24, 2.45) is 0 Å². The molecule has 0 spiro atoms. The molecule has 0 unspecified atom stereocenters. The zero-order valence-electron chi connectivity index (χ0n) is 16.0. The number of carbonyl (C=O) groups is 3. The summed E-state index contributed by atoms with van der Waals surface area (Å²) in [6.45, 7) is 4.51. The quantitative estimate of drug-likeness (QED) is 0.415. The molecular formula is C21H24N2O5. The van der Waals surface area contributed by atoms with Gasteiger partial charge in [0, 0.05) is 18.7 Å². The third kappa shape index (κ3) is 6.75. The molecule has 0 bridgehead atoms. The SMILES string of the molecule is CCOC(=O)Oc1ccc(C(=O)NCCNC(=O)Cc2ccccc2C)cc1. The van der Waals surface area contributed by atoms with Crippen molar-refractivity contribution in [3.8, 4) is 5.75 Å². The van der Waals surface area contributed by atoms with E-state index in [1.807, 2.05) is 31.2 Å². The highest BCUT2D eigenvalue weighted by Crippen LogP contribution is 2.13. The summed E-state index contributed by atoms with van der Waals surface area (Å²) in [5.74, 6) is -0.0849. The molecule has 0 saturated heterocycles. The van der Waals surface area contributed by atoms with Gasteiger partial charge in [-0.15, -0.1) is 0 Å². The van der Waals surface area contributed by atoms with Gasteiger partial charge in [0.2, 0.25) is 5.91 Å². The number of aryl methyl sites for hydroxylation is 1. The summed E-state index contributed by atoms with van der Waals surface area (Å²) < 4.78 is 9.61. The van der Waals surface area contributed by atoms with E-state index in [1.54, 1.807) is 19.1 Å². The monoisotopic (exact) mass is 384 g/mol. The molecule has 0 radical (unpaired) electrons. The van der Waals surface area contributed by atoms with E-state index in [-0.39, 0.29) is 18.4 Å². The lowest BCUT2D eigenvalue weighted by Crippen LogP contribution is -2.35. The van der Waals surface area contributed by atoms with Gasteiger partial charge in [-0.2, -0.15) is 0 Å². The second-order valence-corrected chi connectivity index (χ2v) is 6.02. The first-order valence-corrected chi connectivity index (χ1v) is 9.03. The number of nitrogens with one attached hydrogen (secondary N) is 2. The Balaban J connectivity index is 1.71. The van der Waals surface area contributed by atoms with Crippen molar-refractivity contribution < 1.29 is 23.9 Å². The van der Waals surface area contributed by atoms with Crippen LogP contribution < -0.4 is 15.4 Å². The molecule has 0 atom stereocenters. The minimum absolute atomic E-state index is 0.0935. The van der Waals surface area contributed by atoms with Gasteiger partial charge in [0.15, 0.2) is 0 Å². The average molecular weight is 384 g/mol. The van der Waals surface area contributed by atoms with Crippen LogP contribution in [0, 0.1) is 6.92 Å². The molecule has 2 amide bonds. The van der Waals surface area contributed by atoms with Crippen LogP contribution in [0.3, 0.4) is 0 Å². The maximum Gasteiger partial charge on any atom is 0.513 e. The number of hydrogen-bond acceptors (Lipinski definition) is 5. The standard InChI is InChI=1S/C21H24N2O5/c1-3-27-21(26)28-18-10-8-16(9-11-18)20(25)23-13-12-22-19(24)14-17-7-5-4-6-15(17)2/h4-11H,3,12-14H2,1-2H3,(H,22,24)(H,23,25). The van der Waals surface area contributed by atoms with E-state index in [1.165, 1.54) is 12.1 Å². The number of benzene rings is 2. The van der Waals surface area contributed by atoms with Gasteiger partial charge in [0.1, 0.15) is 5.75 Å². The van der Waals surface area contributed by atoms with Gasteiger partial charge in [-0.1, -0.05) is 24.3 Å². The Kier molecular flexibility index (Phi) is 8.02. The van der Waals surface area contributed by atoms with Gasteiger partial charge in [0.25, 0.3) is 5.91 Å². The largest absolute Gasteiger partial charge is 0.513 e. The summed E-state index contributed by atoms with van der Waals surface area (Å²) >= 11 is 0. The molecule has 2 rings (SSSR count).